The predicted octanol–water partition coefficient (Wildman–Crippen LogP) is 3.48. The van der Waals surface area contributed by atoms with Crippen molar-refractivity contribution in [1.29, 1.82) is 0 Å². The highest BCUT2D eigenvalue weighted by Gasteiger charge is 2.72. The van der Waals surface area contributed by atoms with Crippen LogP contribution >= 0.6 is 0 Å². The molecule has 4 heteroatoms. The van der Waals surface area contributed by atoms with E-state index >= 15 is 0 Å². The van der Waals surface area contributed by atoms with E-state index in [1.807, 2.05) is 13.8 Å². The second kappa shape index (κ2) is 5.01. The monoisotopic (exact) mass is 360 g/mol. The highest BCUT2D eigenvalue weighted by molar-refractivity contribution is 5.83. The number of ketones is 1. The summed E-state index contributed by atoms with van der Waals surface area (Å²) in [6, 6.07) is 0. The molecule has 1 N–H and O–H groups in total. The molecule has 0 aromatic rings. The van der Waals surface area contributed by atoms with Gasteiger partial charge in [-0.25, -0.2) is 0 Å². The van der Waals surface area contributed by atoms with E-state index in [4.69, 9.17) is 9.47 Å². The number of Topliss-reactive ketones (excluding diaryl/α,β-unsaturated/α-hetero) is 1. The molecule has 1 aliphatic heterocycles. The number of aliphatic hydroxyl groups is 1. The summed E-state index contributed by atoms with van der Waals surface area (Å²) in [4.78, 5) is 12.4. The van der Waals surface area contributed by atoms with E-state index in [0.29, 0.717) is 24.9 Å². The van der Waals surface area contributed by atoms with Crippen molar-refractivity contribution in [3.8, 4) is 0 Å². The molecule has 144 valence electrons. The summed E-state index contributed by atoms with van der Waals surface area (Å²) >= 11 is 0. The highest BCUT2D eigenvalue weighted by atomic mass is 16.7. The van der Waals surface area contributed by atoms with Gasteiger partial charge in [0.05, 0.1) is 18.8 Å². The number of aliphatic hydroxyl groups excluding tert-OH is 1. The molecule has 5 aliphatic rings. The lowest BCUT2D eigenvalue weighted by molar-refractivity contribution is -0.345. The summed E-state index contributed by atoms with van der Waals surface area (Å²) in [7, 11) is 0. The average molecular weight is 360 g/mol. The minimum Gasteiger partial charge on any atom is -0.392 e. The fraction of sp³-hybridized carbons (Fsp3) is 0.864. The SMILES string of the molecule is CC1(C)OC[C@]2(C)C(CC[C@@]3(C)C2C=CC2C[C@H]4C(=O)CC[C@]23C4O)O1. The van der Waals surface area contributed by atoms with Gasteiger partial charge < -0.3 is 14.6 Å². The molecule has 5 rings (SSSR count). The lowest BCUT2D eigenvalue weighted by atomic mass is 9.40. The third-order valence-electron chi connectivity index (χ3n) is 9.09. The van der Waals surface area contributed by atoms with Crippen molar-refractivity contribution in [2.24, 2.45) is 34.0 Å². The largest absolute Gasteiger partial charge is 0.392 e. The van der Waals surface area contributed by atoms with E-state index in [9.17, 15) is 9.90 Å². The molecule has 26 heavy (non-hydrogen) atoms. The number of rotatable bonds is 0. The van der Waals surface area contributed by atoms with Crippen LogP contribution in [0.15, 0.2) is 12.2 Å². The van der Waals surface area contributed by atoms with Gasteiger partial charge in [-0.1, -0.05) is 26.0 Å². The van der Waals surface area contributed by atoms with Gasteiger partial charge >= 0.3 is 0 Å². The van der Waals surface area contributed by atoms with Crippen LogP contribution < -0.4 is 0 Å². The number of carbonyl (C=O) groups excluding carboxylic acids is 1. The Balaban J connectivity index is 1.59. The van der Waals surface area contributed by atoms with Crippen molar-refractivity contribution >= 4 is 5.78 Å². The van der Waals surface area contributed by atoms with Crippen LogP contribution in [0.5, 0.6) is 0 Å². The van der Waals surface area contributed by atoms with Crippen LogP contribution in [0.2, 0.25) is 0 Å². The van der Waals surface area contributed by atoms with Gasteiger partial charge in [-0.15, -0.1) is 0 Å². The first kappa shape index (κ1) is 17.4. The summed E-state index contributed by atoms with van der Waals surface area (Å²) < 4.78 is 12.5. The quantitative estimate of drug-likeness (QED) is 0.672. The molecule has 4 aliphatic carbocycles. The van der Waals surface area contributed by atoms with Crippen LogP contribution in [0, 0.1) is 34.0 Å². The van der Waals surface area contributed by atoms with Crippen LogP contribution in [-0.4, -0.2) is 35.5 Å². The van der Waals surface area contributed by atoms with Gasteiger partial charge in [0.2, 0.25) is 0 Å². The van der Waals surface area contributed by atoms with Gasteiger partial charge in [0.15, 0.2) is 5.79 Å². The Kier molecular flexibility index (Phi) is 3.35. The Morgan fingerprint density at radius 2 is 1.92 bits per heavy atom. The predicted molar refractivity (Wildman–Crippen MR) is 97.3 cm³/mol. The molecule has 4 fully saturated rings. The summed E-state index contributed by atoms with van der Waals surface area (Å²) in [5, 5.41) is 11.3. The molecule has 0 amide bonds. The minimum absolute atomic E-state index is 0.0132. The number of carbonyl (C=O) groups is 1. The molecule has 0 aromatic heterocycles. The Bertz CT molecular complexity index is 684. The zero-order valence-corrected chi connectivity index (χ0v) is 16.5. The van der Waals surface area contributed by atoms with E-state index in [2.05, 4.69) is 26.0 Å². The summed E-state index contributed by atoms with van der Waals surface area (Å²) in [5.74, 6) is 0.237. The summed E-state index contributed by atoms with van der Waals surface area (Å²) in [6.45, 7) is 9.39. The topological polar surface area (TPSA) is 55.8 Å². The molecule has 1 saturated heterocycles. The van der Waals surface area contributed by atoms with Crippen LogP contribution in [0.25, 0.3) is 0 Å². The van der Waals surface area contributed by atoms with Crippen LogP contribution in [0.3, 0.4) is 0 Å². The van der Waals surface area contributed by atoms with Gasteiger partial charge in [0.25, 0.3) is 0 Å². The Morgan fingerprint density at radius 3 is 2.69 bits per heavy atom. The van der Waals surface area contributed by atoms with Crippen LogP contribution in [0.1, 0.15) is 59.8 Å². The highest BCUT2D eigenvalue weighted by Crippen LogP contribution is 2.72. The van der Waals surface area contributed by atoms with E-state index in [0.717, 1.165) is 25.7 Å². The molecule has 2 bridgehead atoms. The molecular weight excluding hydrogens is 328 g/mol. The van der Waals surface area contributed by atoms with E-state index in [1.165, 1.54) is 0 Å². The van der Waals surface area contributed by atoms with Gasteiger partial charge in [0, 0.05) is 23.2 Å². The van der Waals surface area contributed by atoms with Crippen LogP contribution in [-0.2, 0) is 14.3 Å². The molecule has 4 nitrogen and oxygen atoms in total. The van der Waals surface area contributed by atoms with E-state index in [1.54, 1.807) is 0 Å². The summed E-state index contributed by atoms with van der Waals surface area (Å²) in [6.07, 6.45) is 8.77. The van der Waals surface area contributed by atoms with Crippen molar-refractivity contribution in [1.82, 2.24) is 0 Å². The van der Waals surface area contributed by atoms with Gasteiger partial charge in [0.1, 0.15) is 5.78 Å². The zero-order chi connectivity index (χ0) is 18.5. The minimum atomic E-state index is -0.521. The van der Waals surface area contributed by atoms with Crippen molar-refractivity contribution in [2.75, 3.05) is 6.61 Å². The molecule has 3 saturated carbocycles. The number of fused-ring (bicyclic) bond motifs is 4. The van der Waals surface area contributed by atoms with Crippen molar-refractivity contribution in [3.05, 3.63) is 12.2 Å². The smallest absolute Gasteiger partial charge is 0.163 e. The zero-order valence-electron chi connectivity index (χ0n) is 16.5. The lowest BCUT2D eigenvalue weighted by Gasteiger charge is -2.67. The normalized spacial score (nSPS) is 57.3. The van der Waals surface area contributed by atoms with Gasteiger partial charge in [-0.3, -0.25) is 4.79 Å². The standard InChI is InChI=1S/C22H32O4/c1-19(2)25-12-20(3)16-6-5-13-11-14-15(23)7-10-22(13,18(14)24)21(16,4)9-8-17(20)26-19/h5-6,13-14,16-18,24H,7-12H2,1-4H3/t13?,14-,16?,17?,18?,20-,21-,22+/m0/s1. The Morgan fingerprint density at radius 1 is 1.15 bits per heavy atom. The molecule has 0 aromatic carbocycles. The number of ether oxygens (including phenoxy) is 2. The Hall–Kier alpha value is -0.710. The van der Waals surface area contributed by atoms with Crippen LogP contribution in [0.4, 0.5) is 0 Å². The summed E-state index contributed by atoms with van der Waals surface area (Å²) in [5.41, 5.74) is -0.259. The third kappa shape index (κ3) is 1.84. The van der Waals surface area contributed by atoms with E-state index in [-0.39, 0.29) is 34.1 Å². The van der Waals surface area contributed by atoms with E-state index < -0.39 is 11.9 Å². The second-order valence-corrected chi connectivity index (χ2v) is 10.5. The van der Waals surface area contributed by atoms with Gasteiger partial charge in [-0.05, 0) is 56.8 Å². The third-order valence-corrected chi connectivity index (χ3v) is 9.09. The maximum Gasteiger partial charge on any atom is 0.163 e. The maximum atomic E-state index is 12.4. The Labute approximate surface area is 156 Å². The average Bonchev–Trinajstić information content (AvgIpc) is 2.77. The molecular formula is C22H32O4. The first-order valence-corrected chi connectivity index (χ1v) is 10.3. The van der Waals surface area contributed by atoms with Crippen molar-refractivity contribution in [2.45, 2.75) is 77.8 Å². The molecule has 8 atom stereocenters. The number of allylic oxidation sites excluding steroid dienone is 2. The lowest BCUT2D eigenvalue weighted by Crippen LogP contribution is -2.67. The molecule has 1 heterocycles. The maximum absolute atomic E-state index is 12.4. The first-order chi connectivity index (χ1) is 12.1. The fourth-order valence-electron chi connectivity index (χ4n) is 7.77. The van der Waals surface area contributed by atoms with Crippen molar-refractivity contribution in [3.63, 3.8) is 0 Å². The number of hydrogen-bond acceptors (Lipinski definition) is 4. The molecule has 4 unspecified atom stereocenters. The number of hydrogen-bond donors (Lipinski definition) is 1. The molecule has 0 radical (unpaired) electrons. The fourth-order valence-corrected chi connectivity index (χ4v) is 7.77. The first-order valence-electron chi connectivity index (χ1n) is 10.3. The van der Waals surface area contributed by atoms with Crippen molar-refractivity contribution < 1.29 is 19.4 Å². The molecule has 1 spiro atoms. The second-order valence-electron chi connectivity index (χ2n) is 10.5. The van der Waals surface area contributed by atoms with Gasteiger partial charge in [-0.2, -0.15) is 0 Å².